The van der Waals surface area contributed by atoms with Crippen LogP contribution in [0.5, 0.6) is 11.5 Å². The van der Waals surface area contributed by atoms with Crippen LogP contribution in [-0.4, -0.2) is 55.7 Å². The van der Waals surface area contributed by atoms with Gasteiger partial charge in [-0.2, -0.15) is 0 Å². The lowest BCUT2D eigenvalue weighted by molar-refractivity contribution is -0.166. The molecule has 0 spiro atoms. The third-order valence-electron chi connectivity index (χ3n) is 5.13. The Morgan fingerprint density at radius 1 is 0.800 bits per heavy atom. The maximum atomic E-state index is 12.6. The van der Waals surface area contributed by atoms with Crippen LogP contribution in [0.4, 0.5) is 9.59 Å². The molecule has 11 nitrogen and oxygen atoms in total. The van der Waals surface area contributed by atoms with Gasteiger partial charge in [0.2, 0.25) is 0 Å². The molecule has 226 valence electrons. The molecule has 1 aromatic carbocycles. The Morgan fingerprint density at radius 2 is 1.30 bits per heavy atom. The molecular weight excluding hydrogens is 522 g/mol. The van der Waals surface area contributed by atoms with Crippen molar-refractivity contribution in [1.82, 2.24) is 0 Å². The minimum atomic E-state index is -1.08. The normalized spacial score (nSPS) is 13.8. The number of benzene rings is 1. The molecule has 0 saturated heterocycles. The third-order valence-corrected chi connectivity index (χ3v) is 5.13. The van der Waals surface area contributed by atoms with E-state index in [1.807, 2.05) is 48.5 Å². The maximum Gasteiger partial charge on any atom is 0.513 e. The molecule has 0 radical (unpaired) electrons. The van der Waals surface area contributed by atoms with Crippen LogP contribution in [0.15, 0.2) is 18.2 Å². The van der Waals surface area contributed by atoms with Crippen LogP contribution >= 0.6 is 0 Å². The highest BCUT2D eigenvalue weighted by Gasteiger charge is 2.25. The van der Waals surface area contributed by atoms with Gasteiger partial charge < -0.3 is 34.2 Å². The van der Waals surface area contributed by atoms with Crippen LogP contribution < -0.4 is 15.2 Å². The van der Waals surface area contributed by atoms with E-state index >= 15 is 0 Å². The smallest absolute Gasteiger partial charge is 0.459 e. The number of nitrogens with two attached hydrogens (primary N) is 1. The molecule has 0 bridgehead atoms. The lowest BCUT2D eigenvalue weighted by atomic mass is 9.99. The van der Waals surface area contributed by atoms with E-state index in [-0.39, 0.29) is 54.4 Å². The minimum Gasteiger partial charge on any atom is -0.459 e. The Balaban J connectivity index is 2.98. The summed E-state index contributed by atoms with van der Waals surface area (Å²) in [6, 6.07) is 3.29. The molecule has 3 atom stereocenters. The fraction of sp³-hybridized carbons (Fsp3) is 0.655. The molecular formula is C29H45NO10. The first-order chi connectivity index (χ1) is 18.4. The average Bonchev–Trinajstić information content (AvgIpc) is 2.82. The molecule has 0 aromatic heterocycles. The van der Waals surface area contributed by atoms with E-state index in [1.165, 1.54) is 12.1 Å². The highest BCUT2D eigenvalue weighted by atomic mass is 16.7. The fourth-order valence-corrected chi connectivity index (χ4v) is 2.90. The number of ether oxygens (including phenoxy) is 6. The molecule has 0 saturated carbocycles. The first kappa shape index (κ1) is 34.7. The van der Waals surface area contributed by atoms with Crippen molar-refractivity contribution in [2.45, 2.75) is 99.8 Å². The van der Waals surface area contributed by atoms with Gasteiger partial charge in [-0.3, -0.25) is 9.59 Å². The SMILES string of the molecule is CCCC(=O)OC(C)[C@H](C)OC(=O)[C@@H](N)Cc1ccc(OC(=O)OCC(C)(C)C)c(OC(=O)OCC(C)(C)C)c1. The van der Waals surface area contributed by atoms with Crippen molar-refractivity contribution in [1.29, 1.82) is 0 Å². The number of esters is 2. The van der Waals surface area contributed by atoms with Gasteiger partial charge in [0.15, 0.2) is 11.5 Å². The summed E-state index contributed by atoms with van der Waals surface area (Å²) in [5, 5.41) is 0. The summed E-state index contributed by atoms with van der Waals surface area (Å²) in [4.78, 5) is 48.9. The quantitative estimate of drug-likeness (QED) is 0.198. The summed E-state index contributed by atoms with van der Waals surface area (Å²) < 4.78 is 31.5. The average molecular weight is 568 g/mol. The molecule has 0 fully saturated rings. The minimum absolute atomic E-state index is 0.0116. The highest BCUT2D eigenvalue weighted by Crippen LogP contribution is 2.30. The summed E-state index contributed by atoms with van der Waals surface area (Å²) in [5.41, 5.74) is 5.99. The molecule has 0 aliphatic carbocycles. The lowest BCUT2D eigenvalue weighted by Gasteiger charge is -2.22. The summed E-state index contributed by atoms with van der Waals surface area (Å²) in [6.07, 6.45) is -2.41. The summed E-state index contributed by atoms with van der Waals surface area (Å²) in [7, 11) is 0. The zero-order chi connectivity index (χ0) is 30.7. The van der Waals surface area contributed by atoms with Crippen molar-refractivity contribution in [3.05, 3.63) is 23.8 Å². The van der Waals surface area contributed by atoms with Crippen molar-refractivity contribution >= 4 is 24.2 Å². The monoisotopic (exact) mass is 567 g/mol. The van der Waals surface area contributed by atoms with Gasteiger partial charge in [-0.15, -0.1) is 0 Å². The summed E-state index contributed by atoms with van der Waals surface area (Å²) >= 11 is 0. The van der Waals surface area contributed by atoms with Crippen molar-refractivity contribution in [2.24, 2.45) is 16.6 Å². The predicted molar refractivity (Wildman–Crippen MR) is 147 cm³/mol. The van der Waals surface area contributed by atoms with E-state index < -0.39 is 36.5 Å². The van der Waals surface area contributed by atoms with Crippen LogP contribution in [0.3, 0.4) is 0 Å². The van der Waals surface area contributed by atoms with E-state index in [0.717, 1.165) is 0 Å². The van der Waals surface area contributed by atoms with Gasteiger partial charge >= 0.3 is 24.2 Å². The first-order valence-corrected chi connectivity index (χ1v) is 13.4. The molecule has 0 aliphatic heterocycles. The Hall–Kier alpha value is -3.34. The predicted octanol–water partition coefficient (Wildman–Crippen LogP) is 5.34. The molecule has 1 aromatic rings. The Morgan fingerprint density at radius 3 is 1.80 bits per heavy atom. The summed E-state index contributed by atoms with van der Waals surface area (Å²) in [5.74, 6) is -1.28. The number of rotatable bonds is 12. The lowest BCUT2D eigenvalue weighted by Crippen LogP contribution is -2.39. The van der Waals surface area contributed by atoms with Gasteiger partial charge in [0.05, 0.1) is 13.2 Å². The molecule has 2 N–H and O–H groups in total. The van der Waals surface area contributed by atoms with E-state index in [4.69, 9.17) is 34.2 Å². The number of hydrogen-bond acceptors (Lipinski definition) is 11. The van der Waals surface area contributed by atoms with E-state index in [0.29, 0.717) is 12.0 Å². The third kappa shape index (κ3) is 14.2. The van der Waals surface area contributed by atoms with Gasteiger partial charge in [0, 0.05) is 6.42 Å². The van der Waals surface area contributed by atoms with Crippen LogP contribution in [0.25, 0.3) is 0 Å². The molecule has 11 heteroatoms. The zero-order valence-electron chi connectivity index (χ0n) is 25.2. The fourth-order valence-electron chi connectivity index (χ4n) is 2.90. The van der Waals surface area contributed by atoms with Gasteiger partial charge in [-0.05, 0) is 55.2 Å². The number of carbonyl (C=O) groups is 4. The Labute approximate surface area is 236 Å². The van der Waals surface area contributed by atoms with Gasteiger partial charge in [0.25, 0.3) is 0 Å². The molecule has 1 rings (SSSR count). The van der Waals surface area contributed by atoms with Gasteiger partial charge in [-0.25, -0.2) is 9.59 Å². The van der Waals surface area contributed by atoms with Crippen LogP contribution in [-0.2, 0) is 35.0 Å². The zero-order valence-corrected chi connectivity index (χ0v) is 25.2. The van der Waals surface area contributed by atoms with Gasteiger partial charge in [0.1, 0.15) is 18.2 Å². The highest BCUT2D eigenvalue weighted by molar-refractivity contribution is 5.76. The van der Waals surface area contributed by atoms with Crippen LogP contribution in [0.2, 0.25) is 0 Å². The van der Waals surface area contributed by atoms with Crippen molar-refractivity contribution in [3.8, 4) is 11.5 Å². The maximum absolute atomic E-state index is 12.6. The second-order valence-corrected chi connectivity index (χ2v) is 12.1. The van der Waals surface area contributed by atoms with Gasteiger partial charge in [-0.1, -0.05) is 54.5 Å². The Bertz CT molecular complexity index is 1010. The molecule has 40 heavy (non-hydrogen) atoms. The van der Waals surface area contributed by atoms with Crippen molar-refractivity contribution in [3.63, 3.8) is 0 Å². The molecule has 0 aliphatic rings. The first-order valence-electron chi connectivity index (χ1n) is 13.4. The largest absolute Gasteiger partial charge is 0.513 e. The standard InChI is InChI=1S/C29H45NO10/c1-10-11-24(31)37-18(2)19(3)38-25(32)21(30)14-20-12-13-22(39-26(33)35-16-28(4,5)6)23(15-20)40-27(34)36-17-29(7,8)9/h12-13,15,18-19,21H,10-11,14,16-17,30H2,1-9H3/t18?,19-,21-/m0/s1. The van der Waals surface area contributed by atoms with Crippen LogP contribution in [0.1, 0.15) is 80.7 Å². The second kappa shape index (κ2) is 15.4. The second-order valence-electron chi connectivity index (χ2n) is 12.1. The topological polar surface area (TPSA) is 150 Å². The summed E-state index contributed by atoms with van der Waals surface area (Å²) in [6.45, 7) is 16.6. The van der Waals surface area contributed by atoms with E-state index in [9.17, 15) is 19.2 Å². The number of hydrogen-bond donors (Lipinski definition) is 1. The number of carbonyl (C=O) groups excluding carboxylic acids is 4. The van der Waals surface area contributed by atoms with Crippen molar-refractivity contribution < 1.29 is 47.6 Å². The van der Waals surface area contributed by atoms with E-state index in [1.54, 1.807) is 19.9 Å². The van der Waals surface area contributed by atoms with Crippen LogP contribution in [0, 0.1) is 10.8 Å². The Kier molecular flexibility index (Phi) is 13.4. The molecule has 0 heterocycles. The molecule has 0 amide bonds. The van der Waals surface area contributed by atoms with E-state index in [2.05, 4.69) is 0 Å². The molecule has 1 unspecified atom stereocenters. The van der Waals surface area contributed by atoms with Crippen molar-refractivity contribution in [2.75, 3.05) is 13.2 Å².